The van der Waals surface area contributed by atoms with Crippen LogP contribution in [0, 0.1) is 0 Å². The molecule has 1 amide bonds. The number of nitrogens with one attached hydrogen (secondary N) is 1. The van der Waals surface area contributed by atoms with Crippen molar-refractivity contribution in [3.63, 3.8) is 0 Å². The molecule has 0 unspecified atom stereocenters. The third kappa shape index (κ3) is 1.29. The lowest BCUT2D eigenvalue weighted by atomic mass is 10.0. The van der Waals surface area contributed by atoms with Crippen molar-refractivity contribution in [2.24, 2.45) is 0 Å². The van der Waals surface area contributed by atoms with Gasteiger partial charge in [0.1, 0.15) is 5.75 Å². The zero-order chi connectivity index (χ0) is 10.5. The van der Waals surface area contributed by atoms with E-state index < -0.39 is 5.60 Å². The average Bonchev–Trinajstić information content (AvgIpc) is 2.96. The Morgan fingerprint density at radius 1 is 1.40 bits per heavy atom. The highest BCUT2D eigenvalue weighted by atomic mass is 16.5. The molecule has 4 nitrogen and oxygen atoms in total. The highest BCUT2D eigenvalue weighted by Gasteiger charge is 2.45. The summed E-state index contributed by atoms with van der Waals surface area (Å²) in [7, 11) is 0. The molecule has 1 aromatic rings. The fourth-order valence-corrected chi connectivity index (χ4v) is 1.87. The molecule has 1 aromatic carbocycles. The van der Waals surface area contributed by atoms with Crippen molar-refractivity contribution in [1.29, 1.82) is 0 Å². The molecule has 1 aliphatic heterocycles. The molecular formula is C11H11NO3. The van der Waals surface area contributed by atoms with Crippen molar-refractivity contribution >= 4 is 11.6 Å². The molecule has 0 bridgehead atoms. The van der Waals surface area contributed by atoms with E-state index in [1.807, 2.05) is 12.1 Å². The largest absolute Gasteiger partial charge is 0.481 e. The maximum absolute atomic E-state index is 11.1. The van der Waals surface area contributed by atoms with Crippen molar-refractivity contribution in [1.82, 2.24) is 0 Å². The van der Waals surface area contributed by atoms with Gasteiger partial charge in [0.05, 0.1) is 11.3 Å². The first-order valence-electron chi connectivity index (χ1n) is 4.98. The summed E-state index contributed by atoms with van der Waals surface area (Å²) in [5.41, 5.74) is 0.719. The fourth-order valence-electron chi connectivity index (χ4n) is 1.87. The number of fused-ring (bicyclic) bond motifs is 1. The van der Waals surface area contributed by atoms with E-state index >= 15 is 0 Å². The molecule has 0 aromatic heterocycles. The van der Waals surface area contributed by atoms with E-state index in [1.54, 1.807) is 6.07 Å². The highest BCUT2D eigenvalue weighted by Crippen LogP contribution is 2.50. The van der Waals surface area contributed by atoms with Crippen LogP contribution in [0.15, 0.2) is 18.2 Å². The molecule has 2 aliphatic rings. The number of para-hydroxylation sites is 1. The Morgan fingerprint density at radius 2 is 2.20 bits per heavy atom. The van der Waals surface area contributed by atoms with Crippen LogP contribution in [0.3, 0.4) is 0 Å². The van der Waals surface area contributed by atoms with Crippen LogP contribution in [0.25, 0.3) is 0 Å². The Hall–Kier alpha value is -1.55. The van der Waals surface area contributed by atoms with E-state index in [9.17, 15) is 9.90 Å². The number of aliphatic hydroxyl groups is 1. The van der Waals surface area contributed by atoms with Crippen LogP contribution in [0.4, 0.5) is 5.69 Å². The SMILES string of the molecule is O=C1COc2c(cccc2C2(O)CC2)N1. The maximum atomic E-state index is 11.1. The average molecular weight is 205 g/mol. The predicted molar refractivity (Wildman–Crippen MR) is 53.7 cm³/mol. The van der Waals surface area contributed by atoms with Crippen molar-refractivity contribution < 1.29 is 14.6 Å². The number of hydrogen-bond donors (Lipinski definition) is 2. The maximum Gasteiger partial charge on any atom is 0.262 e. The minimum absolute atomic E-state index is 0.0279. The summed E-state index contributed by atoms with van der Waals surface area (Å²) in [4.78, 5) is 11.1. The molecule has 2 N–H and O–H groups in total. The number of amides is 1. The second-order valence-corrected chi connectivity index (χ2v) is 4.05. The summed E-state index contributed by atoms with van der Waals surface area (Å²) in [6.45, 7) is 0.0279. The molecule has 15 heavy (non-hydrogen) atoms. The molecule has 78 valence electrons. The fraction of sp³-hybridized carbons (Fsp3) is 0.364. The normalized spacial score (nSPS) is 21.3. The third-order valence-electron chi connectivity index (χ3n) is 2.86. The van der Waals surface area contributed by atoms with Crippen molar-refractivity contribution in [2.75, 3.05) is 11.9 Å². The van der Waals surface area contributed by atoms with Crippen molar-refractivity contribution in [3.8, 4) is 5.75 Å². The Morgan fingerprint density at radius 3 is 2.93 bits per heavy atom. The molecule has 0 saturated heterocycles. The van der Waals surface area contributed by atoms with E-state index in [4.69, 9.17) is 4.74 Å². The quantitative estimate of drug-likeness (QED) is 0.719. The lowest BCUT2D eigenvalue weighted by molar-refractivity contribution is -0.118. The molecule has 3 rings (SSSR count). The van der Waals surface area contributed by atoms with Crippen LogP contribution < -0.4 is 10.1 Å². The summed E-state index contributed by atoms with van der Waals surface area (Å²) in [6.07, 6.45) is 1.53. The van der Waals surface area contributed by atoms with Crippen molar-refractivity contribution in [3.05, 3.63) is 23.8 Å². The van der Waals surface area contributed by atoms with Crippen molar-refractivity contribution in [2.45, 2.75) is 18.4 Å². The summed E-state index contributed by atoms with van der Waals surface area (Å²) in [5, 5.41) is 12.8. The third-order valence-corrected chi connectivity index (χ3v) is 2.86. The Labute approximate surface area is 86.9 Å². The first-order chi connectivity index (χ1) is 7.19. The first-order valence-corrected chi connectivity index (χ1v) is 4.98. The smallest absolute Gasteiger partial charge is 0.262 e. The molecule has 1 aliphatic carbocycles. The molecule has 0 radical (unpaired) electrons. The standard InChI is InChI=1S/C11H11NO3/c13-9-6-15-10-7(11(14)4-5-11)2-1-3-8(10)12-9/h1-3,14H,4-6H2,(H,12,13). The molecule has 1 fully saturated rings. The molecule has 1 heterocycles. The van der Waals surface area contributed by atoms with Crippen LogP contribution in [0.5, 0.6) is 5.75 Å². The van der Waals surface area contributed by atoms with Gasteiger partial charge in [-0.05, 0) is 18.9 Å². The van der Waals surface area contributed by atoms with E-state index in [0.29, 0.717) is 11.4 Å². The van der Waals surface area contributed by atoms with E-state index in [2.05, 4.69) is 5.32 Å². The number of rotatable bonds is 1. The van der Waals surface area contributed by atoms with E-state index in [1.165, 1.54) is 0 Å². The summed E-state index contributed by atoms with van der Waals surface area (Å²) >= 11 is 0. The highest BCUT2D eigenvalue weighted by molar-refractivity contribution is 5.95. The van der Waals surface area contributed by atoms with Gasteiger partial charge in [0.15, 0.2) is 6.61 Å². The van der Waals surface area contributed by atoms with Gasteiger partial charge in [0.2, 0.25) is 0 Å². The summed E-state index contributed by atoms with van der Waals surface area (Å²) < 4.78 is 5.36. The van der Waals surface area contributed by atoms with Gasteiger partial charge in [-0.3, -0.25) is 4.79 Å². The van der Waals surface area contributed by atoms with Gasteiger partial charge < -0.3 is 15.2 Å². The molecule has 0 atom stereocenters. The Balaban J connectivity index is 2.10. The number of carbonyl (C=O) groups is 1. The predicted octanol–water partition coefficient (Wildman–Crippen LogP) is 0.999. The Kier molecular flexibility index (Phi) is 1.59. The second kappa shape index (κ2) is 2.73. The van der Waals surface area contributed by atoms with Gasteiger partial charge in [-0.25, -0.2) is 0 Å². The molecule has 0 spiro atoms. The van der Waals surface area contributed by atoms with Crippen LogP contribution in [-0.2, 0) is 10.4 Å². The first kappa shape index (κ1) is 8.73. The van der Waals surface area contributed by atoms with E-state index in [0.717, 1.165) is 18.4 Å². The van der Waals surface area contributed by atoms with Gasteiger partial charge in [0, 0.05) is 5.56 Å². The van der Waals surface area contributed by atoms with Crippen LogP contribution in [0.2, 0.25) is 0 Å². The van der Waals surface area contributed by atoms with Gasteiger partial charge >= 0.3 is 0 Å². The second-order valence-electron chi connectivity index (χ2n) is 4.05. The number of benzene rings is 1. The van der Waals surface area contributed by atoms with Gasteiger partial charge in [-0.2, -0.15) is 0 Å². The molecular weight excluding hydrogens is 194 g/mol. The number of ether oxygens (including phenoxy) is 1. The van der Waals surface area contributed by atoms with Crippen LogP contribution >= 0.6 is 0 Å². The summed E-state index contributed by atoms with van der Waals surface area (Å²) in [5.74, 6) is 0.472. The topological polar surface area (TPSA) is 58.6 Å². The number of hydrogen-bond acceptors (Lipinski definition) is 3. The zero-order valence-electron chi connectivity index (χ0n) is 8.12. The lowest BCUT2D eigenvalue weighted by Gasteiger charge is -2.22. The van der Waals surface area contributed by atoms with Gasteiger partial charge in [0.25, 0.3) is 5.91 Å². The Bertz CT molecular complexity index is 437. The molecule has 4 heteroatoms. The van der Waals surface area contributed by atoms with E-state index in [-0.39, 0.29) is 12.5 Å². The van der Waals surface area contributed by atoms with Gasteiger partial charge in [-0.15, -0.1) is 0 Å². The van der Waals surface area contributed by atoms with Crippen LogP contribution in [-0.4, -0.2) is 17.6 Å². The number of carbonyl (C=O) groups excluding carboxylic acids is 1. The minimum atomic E-state index is -0.729. The monoisotopic (exact) mass is 205 g/mol. The molecule has 1 saturated carbocycles. The zero-order valence-corrected chi connectivity index (χ0v) is 8.12. The van der Waals surface area contributed by atoms with Crippen LogP contribution in [0.1, 0.15) is 18.4 Å². The lowest BCUT2D eigenvalue weighted by Crippen LogP contribution is -2.27. The number of anilines is 1. The van der Waals surface area contributed by atoms with Gasteiger partial charge in [-0.1, -0.05) is 12.1 Å². The minimum Gasteiger partial charge on any atom is -0.481 e. The summed E-state index contributed by atoms with van der Waals surface area (Å²) in [6, 6.07) is 5.45.